The number of carbonyl (C=O) groups excluding carboxylic acids is 1. The van der Waals surface area contributed by atoms with Gasteiger partial charge in [-0.25, -0.2) is 9.78 Å². The maximum atomic E-state index is 12.3. The Kier molecular flexibility index (Phi) is 4.76. The summed E-state index contributed by atoms with van der Waals surface area (Å²) in [5.41, 5.74) is 0.0120. The van der Waals surface area contributed by atoms with Gasteiger partial charge in [-0.15, -0.1) is 0 Å². The largest absolute Gasteiger partial charge is 0.507 e. The fourth-order valence-electron chi connectivity index (χ4n) is 1.88. The van der Waals surface area contributed by atoms with Crippen LogP contribution in [-0.2, 0) is 5.41 Å². The van der Waals surface area contributed by atoms with Crippen LogP contribution in [0.5, 0.6) is 5.75 Å². The van der Waals surface area contributed by atoms with Crippen molar-refractivity contribution in [2.24, 2.45) is 0 Å². The van der Waals surface area contributed by atoms with Gasteiger partial charge < -0.3 is 10.2 Å². The average molecular weight is 399 g/mol. The molecule has 0 aliphatic heterocycles. The summed E-state index contributed by atoms with van der Waals surface area (Å²) in [5, 5.41) is 21.8. The second-order valence-electron chi connectivity index (χ2n) is 5.87. The first-order valence-corrected chi connectivity index (χ1v) is 8.25. The Bertz CT molecular complexity index is 780. The summed E-state index contributed by atoms with van der Waals surface area (Å²) < 4.78 is 0.640. The lowest BCUT2D eigenvalue weighted by Crippen LogP contribution is -2.16. The Morgan fingerprint density at radius 2 is 1.96 bits per heavy atom. The number of phenolic OH excluding ortho intramolecular Hbond substituents is 1. The van der Waals surface area contributed by atoms with Gasteiger partial charge in [0.15, 0.2) is 5.13 Å². The summed E-state index contributed by atoms with van der Waals surface area (Å²) >= 11 is 4.12. The molecule has 0 unspecified atom stereocenters. The number of aromatic carboxylic acids is 1. The number of carboxylic acids is 1. The van der Waals surface area contributed by atoms with Crippen LogP contribution < -0.4 is 5.32 Å². The number of hydrogen-bond donors (Lipinski definition) is 3. The number of nitrogens with zero attached hydrogens (tertiary/aromatic N) is 1. The molecule has 1 aromatic heterocycles. The molecule has 2 aromatic rings. The molecule has 0 spiro atoms. The molecule has 0 atom stereocenters. The molecule has 1 aromatic carbocycles. The molecule has 0 saturated carbocycles. The van der Waals surface area contributed by atoms with E-state index in [0.29, 0.717) is 10.2 Å². The highest BCUT2D eigenvalue weighted by molar-refractivity contribution is 9.10. The smallest absolute Gasteiger partial charge is 0.347 e. The van der Waals surface area contributed by atoms with Gasteiger partial charge in [-0.3, -0.25) is 10.1 Å². The molecule has 0 aliphatic carbocycles. The van der Waals surface area contributed by atoms with E-state index in [4.69, 9.17) is 0 Å². The third-order valence-electron chi connectivity index (χ3n) is 2.96. The van der Waals surface area contributed by atoms with Crippen LogP contribution in [0.2, 0.25) is 0 Å². The van der Waals surface area contributed by atoms with E-state index in [1.165, 1.54) is 12.1 Å². The van der Waals surface area contributed by atoms with Gasteiger partial charge in [0.05, 0.1) is 11.3 Å². The van der Waals surface area contributed by atoms with E-state index >= 15 is 0 Å². The lowest BCUT2D eigenvalue weighted by molar-refractivity contribution is 0.0699. The number of benzene rings is 1. The first-order valence-electron chi connectivity index (χ1n) is 6.64. The van der Waals surface area contributed by atoms with Gasteiger partial charge in [0, 0.05) is 9.89 Å². The molecule has 6 nitrogen and oxygen atoms in total. The first-order chi connectivity index (χ1) is 10.6. The van der Waals surface area contributed by atoms with E-state index < -0.39 is 17.3 Å². The molecule has 2 rings (SSSR count). The molecule has 1 amide bonds. The van der Waals surface area contributed by atoms with Crippen molar-refractivity contribution < 1.29 is 19.8 Å². The van der Waals surface area contributed by atoms with Gasteiger partial charge in [-0.1, -0.05) is 48.0 Å². The number of halogens is 1. The minimum Gasteiger partial charge on any atom is -0.507 e. The lowest BCUT2D eigenvalue weighted by Gasteiger charge is -2.15. The molecule has 8 heteroatoms. The minimum atomic E-state index is -1.08. The lowest BCUT2D eigenvalue weighted by atomic mass is 9.91. The second-order valence-corrected chi connectivity index (χ2v) is 7.78. The third-order valence-corrected chi connectivity index (χ3v) is 4.41. The highest BCUT2D eigenvalue weighted by Crippen LogP contribution is 2.32. The number of hydrogen-bond acceptors (Lipinski definition) is 5. The normalized spacial score (nSPS) is 11.3. The molecule has 1 heterocycles. The zero-order chi connectivity index (χ0) is 17.4. The van der Waals surface area contributed by atoms with Crippen molar-refractivity contribution in [3.8, 4) is 5.75 Å². The number of thiazole rings is 1. The van der Waals surface area contributed by atoms with Gasteiger partial charge in [-0.2, -0.15) is 0 Å². The SMILES string of the molecule is CC(C)(C)c1nc(NC(=O)c2cc(Br)ccc2O)sc1C(=O)O. The van der Waals surface area contributed by atoms with Crippen LogP contribution >= 0.6 is 27.3 Å². The van der Waals surface area contributed by atoms with Crippen LogP contribution in [0.4, 0.5) is 5.13 Å². The topological polar surface area (TPSA) is 99.5 Å². The molecular formula is C15H15BrN2O4S. The number of amides is 1. The summed E-state index contributed by atoms with van der Waals surface area (Å²) in [5.74, 6) is -1.81. The Balaban J connectivity index is 2.35. The van der Waals surface area contributed by atoms with Crippen molar-refractivity contribution in [3.05, 3.63) is 38.8 Å². The van der Waals surface area contributed by atoms with Crippen molar-refractivity contribution in [1.82, 2.24) is 4.98 Å². The van der Waals surface area contributed by atoms with Crippen LogP contribution in [0.1, 0.15) is 46.5 Å². The fraction of sp³-hybridized carbons (Fsp3) is 0.267. The molecule has 23 heavy (non-hydrogen) atoms. The second kappa shape index (κ2) is 6.29. The maximum Gasteiger partial charge on any atom is 0.347 e. The number of anilines is 1. The predicted molar refractivity (Wildman–Crippen MR) is 91.5 cm³/mol. The Hall–Kier alpha value is -1.93. The van der Waals surface area contributed by atoms with Gasteiger partial charge >= 0.3 is 5.97 Å². The standard InChI is InChI=1S/C15H15BrN2O4S/c1-15(2,3)11-10(13(21)22)23-14(17-11)18-12(20)8-6-7(16)4-5-9(8)19/h4-6,19H,1-3H3,(H,21,22)(H,17,18,20). The number of aromatic hydroxyl groups is 1. The number of carboxylic acid groups (broad SMARTS) is 1. The van der Waals surface area contributed by atoms with E-state index in [-0.39, 0.29) is 21.3 Å². The van der Waals surface area contributed by atoms with Crippen LogP contribution in [0.3, 0.4) is 0 Å². The average Bonchev–Trinajstić information content (AvgIpc) is 2.85. The van der Waals surface area contributed by atoms with E-state index in [9.17, 15) is 19.8 Å². The van der Waals surface area contributed by atoms with Crippen molar-refractivity contribution in [2.75, 3.05) is 5.32 Å². The molecule has 0 aliphatic rings. The zero-order valence-electron chi connectivity index (χ0n) is 12.7. The number of carbonyl (C=O) groups is 2. The predicted octanol–water partition coefficient (Wildman–Crippen LogP) is 3.86. The van der Waals surface area contributed by atoms with Gasteiger partial charge in [0.1, 0.15) is 10.6 Å². The van der Waals surface area contributed by atoms with Gasteiger partial charge in [0.2, 0.25) is 0 Å². The summed E-state index contributed by atoms with van der Waals surface area (Å²) in [6.07, 6.45) is 0. The van der Waals surface area contributed by atoms with Crippen molar-refractivity contribution in [3.63, 3.8) is 0 Å². The van der Waals surface area contributed by atoms with Crippen molar-refractivity contribution >= 4 is 44.3 Å². The quantitative estimate of drug-likeness (QED) is 0.728. The number of phenols is 1. The highest BCUT2D eigenvalue weighted by atomic mass is 79.9. The van der Waals surface area contributed by atoms with E-state index in [0.717, 1.165) is 11.3 Å². The van der Waals surface area contributed by atoms with E-state index in [1.54, 1.807) is 6.07 Å². The van der Waals surface area contributed by atoms with Crippen LogP contribution in [0.25, 0.3) is 0 Å². The minimum absolute atomic E-state index is 0.0729. The fourth-order valence-corrected chi connectivity index (χ4v) is 3.25. The third kappa shape index (κ3) is 3.89. The maximum absolute atomic E-state index is 12.3. The first kappa shape index (κ1) is 17.4. The Morgan fingerprint density at radius 1 is 1.30 bits per heavy atom. The van der Waals surface area contributed by atoms with Crippen LogP contribution in [-0.4, -0.2) is 27.1 Å². The van der Waals surface area contributed by atoms with Crippen LogP contribution in [0, 0.1) is 0 Å². The molecule has 0 bridgehead atoms. The van der Waals surface area contributed by atoms with Crippen molar-refractivity contribution in [2.45, 2.75) is 26.2 Å². The van der Waals surface area contributed by atoms with Crippen molar-refractivity contribution in [1.29, 1.82) is 0 Å². The number of rotatable bonds is 3. The summed E-state index contributed by atoms with van der Waals surface area (Å²) in [6.45, 7) is 5.54. The molecule has 3 N–H and O–H groups in total. The number of aromatic nitrogens is 1. The molecule has 122 valence electrons. The van der Waals surface area contributed by atoms with Gasteiger partial charge in [0.25, 0.3) is 5.91 Å². The van der Waals surface area contributed by atoms with E-state index in [1.807, 2.05) is 20.8 Å². The van der Waals surface area contributed by atoms with Crippen LogP contribution in [0.15, 0.2) is 22.7 Å². The summed E-state index contributed by atoms with van der Waals surface area (Å²) in [7, 11) is 0. The molecular weight excluding hydrogens is 384 g/mol. The number of nitrogens with one attached hydrogen (secondary N) is 1. The molecule has 0 fully saturated rings. The molecule has 0 radical (unpaired) electrons. The monoisotopic (exact) mass is 398 g/mol. The summed E-state index contributed by atoms with van der Waals surface area (Å²) in [6, 6.07) is 4.47. The Morgan fingerprint density at radius 3 is 2.48 bits per heavy atom. The van der Waals surface area contributed by atoms with Gasteiger partial charge in [-0.05, 0) is 18.2 Å². The zero-order valence-corrected chi connectivity index (χ0v) is 15.1. The highest BCUT2D eigenvalue weighted by Gasteiger charge is 2.27. The van der Waals surface area contributed by atoms with E-state index in [2.05, 4.69) is 26.2 Å². The molecule has 0 saturated heterocycles. The summed E-state index contributed by atoms with van der Waals surface area (Å²) in [4.78, 5) is 27.9. The Labute approximate surface area is 145 Å².